The Morgan fingerprint density at radius 3 is 2.85 bits per heavy atom. The summed E-state index contributed by atoms with van der Waals surface area (Å²) in [5.41, 5.74) is 3.88. The van der Waals surface area contributed by atoms with Crippen LogP contribution >= 0.6 is 27.3 Å². The first kappa shape index (κ1) is 13.5. The zero-order valence-electron chi connectivity index (χ0n) is 11.1. The van der Waals surface area contributed by atoms with Gasteiger partial charge in [-0.2, -0.15) is 0 Å². The fraction of sp³-hybridized carbons (Fsp3) is 0.214. The lowest BCUT2D eigenvalue weighted by Crippen LogP contribution is -2.02. The van der Waals surface area contributed by atoms with E-state index in [1.54, 1.807) is 11.3 Å². The van der Waals surface area contributed by atoms with Gasteiger partial charge in [-0.3, -0.25) is 0 Å². The van der Waals surface area contributed by atoms with Crippen LogP contribution in [0.3, 0.4) is 0 Å². The third kappa shape index (κ3) is 2.81. The lowest BCUT2D eigenvalue weighted by Gasteiger charge is -2.09. The van der Waals surface area contributed by atoms with Crippen LogP contribution in [0, 0.1) is 0 Å². The molecule has 0 atom stereocenters. The van der Waals surface area contributed by atoms with Crippen LogP contribution in [-0.2, 0) is 0 Å². The molecule has 0 saturated heterocycles. The first-order chi connectivity index (χ1) is 9.61. The Morgan fingerprint density at radius 1 is 1.20 bits per heavy atom. The molecule has 2 aromatic heterocycles. The number of thiazole rings is 1. The molecule has 102 valence electrons. The van der Waals surface area contributed by atoms with Gasteiger partial charge in [0.25, 0.3) is 0 Å². The lowest BCUT2D eigenvalue weighted by atomic mass is 10.2. The number of hydrogen-bond acceptors (Lipinski definition) is 5. The minimum atomic E-state index is 0.289. The highest BCUT2D eigenvalue weighted by Gasteiger charge is 2.07. The fourth-order valence-electron chi connectivity index (χ4n) is 1.84. The number of hydrogen-bond donors (Lipinski definition) is 1. The van der Waals surface area contributed by atoms with Crippen LogP contribution < -0.4 is 5.32 Å². The van der Waals surface area contributed by atoms with Crippen LogP contribution in [0.2, 0.25) is 0 Å². The van der Waals surface area contributed by atoms with Gasteiger partial charge >= 0.3 is 0 Å². The van der Waals surface area contributed by atoms with E-state index in [4.69, 9.17) is 0 Å². The summed E-state index contributed by atoms with van der Waals surface area (Å²) in [6.07, 6.45) is 0. The van der Waals surface area contributed by atoms with Gasteiger partial charge in [0.15, 0.2) is 0 Å². The molecular formula is C14H13BrN4S. The molecule has 3 aromatic rings. The SMILES string of the molecule is CC(C)c1nc(Br)cc(Nc2ccc3ncsc3c2)n1. The van der Waals surface area contributed by atoms with E-state index in [0.717, 1.165) is 32.1 Å². The van der Waals surface area contributed by atoms with Crippen molar-refractivity contribution in [2.75, 3.05) is 5.32 Å². The van der Waals surface area contributed by atoms with E-state index in [2.05, 4.69) is 56.1 Å². The van der Waals surface area contributed by atoms with Crippen molar-refractivity contribution < 1.29 is 0 Å². The maximum absolute atomic E-state index is 4.53. The van der Waals surface area contributed by atoms with Gasteiger partial charge in [-0.1, -0.05) is 13.8 Å². The zero-order chi connectivity index (χ0) is 14.1. The van der Waals surface area contributed by atoms with Gasteiger partial charge < -0.3 is 5.32 Å². The van der Waals surface area contributed by atoms with Gasteiger partial charge in [0.05, 0.1) is 15.7 Å². The van der Waals surface area contributed by atoms with Crippen molar-refractivity contribution in [1.82, 2.24) is 15.0 Å². The van der Waals surface area contributed by atoms with E-state index < -0.39 is 0 Å². The zero-order valence-corrected chi connectivity index (χ0v) is 13.5. The summed E-state index contributed by atoms with van der Waals surface area (Å²) in [7, 11) is 0. The predicted octanol–water partition coefficient (Wildman–Crippen LogP) is 4.72. The first-order valence-corrected chi connectivity index (χ1v) is 7.94. The van der Waals surface area contributed by atoms with E-state index >= 15 is 0 Å². The number of benzene rings is 1. The van der Waals surface area contributed by atoms with E-state index in [-0.39, 0.29) is 5.92 Å². The summed E-state index contributed by atoms with van der Waals surface area (Å²) in [5, 5.41) is 3.32. The molecule has 0 spiro atoms. The molecule has 6 heteroatoms. The summed E-state index contributed by atoms with van der Waals surface area (Å²) in [6, 6.07) is 7.97. The molecule has 3 rings (SSSR count). The number of rotatable bonds is 3. The summed E-state index contributed by atoms with van der Waals surface area (Å²) < 4.78 is 1.95. The number of anilines is 2. The van der Waals surface area contributed by atoms with Gasteiger partial charge in [-0.05, 0) is 34.1 Å². The minimum Gasteiger partial charge on any atom is -0.340 e. The summed E-state index contributed by atoms with van der Waals surface area (Å²) in [4.78, 5) is 13.2. The average Bonchev–Trinajstić information content (AvgIpc) is 2.85. The highest BCUT2D eigenvalue weighted by molar-refractivity contribution is 9.10. The largest absolute Gasteiger partial charge is 0.340 e. The van der Waals surface area contributed by atoms with E-state index in [1.165, 1.54) is 0 Å². The van der Waals surface area contributed by atoms with Crippen LogP contribution in [-0.4, -0.2) is 15.0 Å². The predicted molar refractivity (Wildman–Crippen MR) is 86.7 cm³/mol. The Bertz CT molecular complexity index is 754. The van der Waals surface area contributed by atoms with Crippen molar-refractivity contribution in [2.45, 2.75) is 19.8 Å². The maximum atomic E-state index is 4.53. The average molecular weight is 349 g/mol. The number of nitrogens with one attached hydrogen (secondary N) is 1. The Labute approximate surface area is 129 Å². The highest BCUT2D eigenvalue weighted by atomic mass is 79.9. The molecule has 0 aliphatic rings. The van der Waals surface area contributed by atoms with E-state index in [9.17, 15) is 0 Å². The molecule has 0 radical (unpaired) electrons. The second-order valence-electron chi connectivity index (χ2n) is 4.75. The van der Waals surface area contributed by atoms with Crippen LogP contribution in [0.15, 0.2) is 34.4 Å². The van der Waals surface area contributed by atoms with Gasteiger partial charge in [0, 0.05) is 17.7 Å². The van der Waals surface area contributed by atoms with Crippen LogP contribution in [0.5, 0.6) is 0 Å². The molecule has 0 aliphatic heterocycles. The van der Waals surface area contributed by atoms with Crippen molar-refractivity contribution >= 4 is 49.0 Å². The van der Waals surface area contributed by atoms with Crippen molar-refractivity contribution in [1.29, 1.82) is 0 Å². The first-order valence-electron chi connectivity index (χ1n) is 6.26. The number of aromatic nitrogens is 3. The minimum absolute atomic E-state index is 0.289. The molecule has 0 bridgehead atoms. The Balaban J connectivity index is 1.93. The van der Waals surface area contributed by atoms with Gasteiger partial charge in [-0.15, -0.1) is 11.3 Å². The topological polar surface area (TPSA) is 50.7 Å². The Morgan fingerprint density at radius 2 is 2.05 bits per heavy atom. The smallest absolute Gasteiger partial charge is 0.135 e. The second kappa shape index (κ2) is 5.46. The van der Waals surface area contributed by atoms with E-state index in [0.29, 0.717) is 0 Å². The third-order valence-electron chi connectivity index (χ3n) is 2.83. The van der Waals surface area contributed by atoms with Gasteiger partial charge in [0.2, 0.25) is 0 Å². The monoisotopic (exact) mass is 348 g/mol. The third-order valence-corrected chi connectivity index (χ3v) is 4.03. The maximum Gasteiger partial charge on any atom is 0.135 e. The van der Waals surface area contributed by atoms with Crippen LogP contribution in [0.25, 0.3) is 10.2 Å². The summed E-state index contributed by atoms with van der Waals surface area (Å²) in [6.45, 7) is 4.16. The molecule has 20 heavy (non-hydrogen) atoms. The number of fused-ring (bicyclic) bond motifs is 1. The normalized spacial score (nSPS) is 11.2. The van der Waals surface area contributed by atoms with Crippen molar-refractivity contribution in [3.8, 4) is 0 Å². The molecule has 1 N–H and O–H groups in total. The quantitative estimate of drug-likeness (QED) is 0.696. The molecule has 0 amide bonds. The molecular weight excluding hydrogens is 336 g/mol. The number of nitrogens with zero attached hydrogens (tertiary/aromatic N) is 3. The summed E-state index contributed by atoms with van der Waals surface area (Å²) >= 11 is 5.06. The Kier molecular flexibility index (Phi) is 3.67. The van der Waals surface area contributed by atoms with Crippen LogP contribution in [0.1, 0.15) is 25.6 Å². The van der Waals surface area contributed by atoms with E-state index in [1.807, 2.05) is 23.7 Å². The van der Waals surface area contributed by atoms with Gasteiger partial charge in [0.1, 0.15) is 16.2 Å². The lowest BCUT2D eigenvalue weighted by molar-refractivity contribution is 0.771. The number of halogens is 1. The Hall–Kier alpha value is -1.53. The van der Waals surface area contributed by atoms with Crippen molar-refractivity contribution in [2.24, 2.45) is 0 Å². The molecule has 0 saturated carbocycles. The molecule has 0 unspecified atom stereocenters. The molecule has 0 aliphatic carbocycles. The van der Waals surface area contributed by atoms with Crippen LogP contribution in [0.4, 0.5) is 11.5 Å². The fourth-order valence-corrected chi connectivity index (χ4v) is 2.95. The standard InChI is InChI=1S/C14H13BrN4S/c1-8(2)14-18-12(15)6-13(19-14)17-9-3-4-10-11(5-9)20-7-16-10/h3-8H,1-2H3,(H,17,18,19). The van der Waals surface area contributed by atoms with Gasteiger partial charge in [-0.25, -0.2) is 15.0 Å². The van der Waals surface area contributed by atoms with Crippen molar-refractivity contribution in [3.05, 3.63) is 40.2 Å². The molecule has 4 nitrogen and oxygen atoms in total. The highest BCUT2D eigenvalue weighted by Crippen LogP contribution is 2.25. The van der Waals surface area contributed by atoms with Crippen molar-refractivity contribution in [3.63, 3.8) is 0 Å². The molecule has 0 fully saturated rings. The molecule has 1 aromatic carbocycles. The molecule has 2 heterocycles. The summed E-state index contributed by atoms with van der Waals surface area (Å²) in [5.74, 6) is 1.90. The second-order valence-corrected chi connectivity index (χ2v) is 6.45.